The number of halogens is 1. The van der Waals surface area contributed by atoms with Crippen LogP contribution in [0.15, 0.2) is 9.85 Å². The van der Waals surface area contributed by atoms with E-state index in [-0.39, 0.29) is 0 Å². The minimum absolute atomic E-state index is 0.582. The molecule has 0 saturated heterocycles. The lowest BCUT2D eigenvalue weighted by Gasteiger charge is -2.27. The van der Waals surface area contributed by atoms with Crippen LogP contribution in [-0.4, -0.2) is 31.1 Å². The monoisotopic (exact) mass is 356 g/mol. The second-order valence-electron chi connectivity index (χ2n) is 6.25. The minimum atomic E-state index is 0.582. The number of fused-ring (bicyclic) bond motifs is 1. The van der Waals surface area contributed by atoms with Gasteiger partial charge >= 0.3 is 0 Å². The number of aryl methyl sites for hydroxylation is 1. The summed E-state index contributed by atoms with van der Waals surface area (Å²) in [5.41, 5.74) is 1.55. The lowest BCUT2D eigenvalue weighted by atomic mass is 9.94. The van der Waals surface area contributed by atoms with E-state index < -0.39 is 0 Å². The molecule has 1 fully saturated rings. The Hall–Kier alpha value is 0.100. The standard InChI is InChI=1S/C16H25BrN2S/c1-19(12-5-2-3-6-12)10-9-18-14-7-4-8-15-13(14)11-16(17)20-15/h11-12,14,18H,2-10H2,1H3. The Balaban J connectivity index is 1.49. The first-order valence-corrected chi connectivity index (χ1v) is 9.56. The van der Waals surface area contributed by atoms with Crippen molar-refractivity contribution >= 4 is 27.3 Å². The Morgan fingerprint density at radius 3 is 2.90 bits per heavy atom. The zero-order chi connectivity index (χ0) is 13.9. The van der Waals surface area contributed by atoms with Crippen molar-refractivity contribution in [3.05, 3.63) is 20.3 Å². The SMILES string of the molecule is CN(CCNC1CCCc2sc(Br)cc21)C1CCCC1. The highest BCUT2D eigenvalue weighted by molar-refractivity contribution is 9.11. The van der Waals surface area contributed by atoms with Crippen LogP contribution in [-0.2, 0) is 6.42 Å². The van der Waals surface area contributed by atoms with Crippen molar-refractivity contribution in [3.63, 3.8) is 0 Å². The van der Waals surface area contributed by atoms with E-state index in [2.05, 4.69) is 39.3 Å². The normalized spacial score (nSPS) is 23.4. The van der Waals surface area contributed by atoms with Crippen molar-refractivity contribution in [3.8, 4) is 0 Å². The molecule has 0 aromatic carbocycles. The zero-order valence-corrected chi connectivity index (χ0v) is 14.7. The van der Waals surface area contributed by atoms with Crippen LogP contribution in [0.1, 0.15) is 55.0 Å². The van der Waals surface area contributed by atoms with E-state index in [1.54, 1.807) is 10.4 Å². The quantitative estimate of drug-likeness (QED) is 0.843. The molecule has 112 valence electrons. The molecule has 1 atom stereocenters. The maximum atomic E-state index is 3.79. The highest BCUT2D eigenvalue weighted by atomic mass is 79.9. The third-order valence-corrected chi connectivity index (χ3v) is 6.60. The molecular weight excluding hydrogens is 332 g/mol. The van der Waals surface area contributed by atoms with E-state index in [4.69, 9.17) is 0 Å². The first-order valence-electron chi connectivity index (χ1n) is 7.96. The maximum absolute atomic E-state index is 3.79. The summed E-state index contributed by atoms with van der Waals surface area (Å²) in [6.07, 6.45) is 9.56. The van der Waals surface area contributed by atoms with Crippen molar-refractivity contribution in [2.75, 3.05) is 20.1 Å². The van der Waals surface area contributed by atoms with Crippen molar-refractivity contribution in [2.24, 2.45) is 0 Å². The highest BCUT2D eigenvalue weighted by Gasteiger charge is 2.23. The molecule has 1 saturated carbocycles. The van der Waals surface area contributed by atoms with E-state index in [1.807, 2.05) is 11.3 Å². The second kappa shape index (κ2) is 6.91. The predicted molar refractivity (Wildman–Crippen MR) is 90.6 cm³/mol. The summed E-state index contributed by atoms with van der Waals surface area (Å²) in [7, 11) is 2.30. The van der Waals surface area contributed by atoms with E-state index in [0.29, 0.717) is 6.04 Å². The van der Waals surface area contributed by atoms with E-state index >= 15 is 0 Å². The molecule has 2 aliphatic rings. The summed E-state index contributed by atoms with van der Waals surface area (Å²) in [6, 6.07) is 3.75. The third-order valence-electron chi connectivity index (χ3n) is 4.89. The molecular formula is C16H25BrN2S. The molecule has 0 amide bonds. The zero-order valence-electron chi connectivity index (χ0n) is 12.3. The summed E-state index contributed by atoms with van der Waals surface area (Å²) >= 11 is 5.56. The van der Waals surface area contributed by atoms with Crippen LogP contribution in [0.5, 0.6) is 0 Å². The topological polar surface area (TPSA) is 15.3 Å². The summed E-state index contributed by atoms with van der Waals surface area (Å²) < 4.78 is 1.29. The average molecular weight is 357 g/mol. The van der Waals surface area contributed by atoms with Gasteiger partial charge in [-0.15, -0.1) is 11.3 Å². The fourth-order valence-electron chi connectivity index (χ4n) is 3.68. The Morgan fingerprint density at radius 1 is 1.30 bits per heavy atom. The van der Waals surface area contributed by atoms with Crippen LogP contribution in [0.2, 0.25) is 0 Å². The number of thiophene rings is 1. The highest BCUT2D eigenvalue weighted by Crippen LogP contribution is 2.37. The van der Waals surface area contributed by atoms with E-state index in [0.717, 1.165) is 12.6 Å². The number of likely N-dealkylation sites (N-methyl/N-ethyl adjacent to an activating group) is 1. The Morgan fingerprint density at radius 2 is 2.10 bits per heavy atom. The molecule has 1 heterocycles. The Kier molecular flexibility index (Phi) is 5.18. The van der Waals surface area contributed by atoms with Gasteiger partial charge in [-0.3, -0.25) is 0 Å². The molecule has 0 bridgehead atoms. The maximum Gasteiger partial charge on any atom is 0.0704 e. The fourth-order valence-corrected chi connectivity index (χ4v) is 5.50. The predicted octanol–water partition coefficient (Wildman–Crippen LogP) is 4.35. The lowest BCUT2D eigenvalue weighted by Crippen LogP contribution is -2.37. The molecule has 1 aromatic heterocycles. The second-order valence-corrected chi connectivity index (χ2v) is 8.76. The third kappa shape index (κ3) is 3.46. The summed E-state index contributed by atoms with van der Waals surface area (Å²) in [5.74, 6) is 0. The number of rotatable bonds is 5. The van der Waals surface area contributed by atoms with Gasteiger partial charge in [-0.05, 0) is 66.7 Å². The molecule has 1 N–H and O–H groups in total. The van der Waals surface area contributed by atoms with Crippen LogP contribution >= 0.6 is 27.3 Å². The summed E-state index contributed by atoms with van der Waals surface area (Å²) in [6.45, 7) is 2.30. The number of hydrogen-bond acceptors (Lipinski definition) is 3. The van der Waals surface area contributed by atoms with Gasteiger partial charge in [-0.25, -0.2) is 0 Å². The van der Waals surface area contributed by atoms with Gasteiger partial charge in [0.05, 0.1) is 3.79 Å². The van der Waals surface area contributed by atoms with Crippen molar-refractivity contribution < 1.29 is 0 Å². The van der Waals surface area contributed by atoms with Gasteiger partial charge in [-0.1, -0.05) is 12.8 Å². The molecule has 4 heteroatoms. The fraction of sp³-hybridized carbons (Fsp3) is 0.750. The van der Waals surface area contributed by atoms with Gasteiger partial charge in [0.25, 0.3) is 0 Å². The molecule has 0 spiro atoms. The molecule has 20 heavy (non-hydrogen) atoms. The number of hydrogen-bond donors (Lipinski definition) is 1. The van der Waals surface area contributed by atoms with E-state index in [1.165, 1.54) is 55.3 Å². The van der Waals surface area contributed by atoms with Gasteiger partial charge < -0.3 is 10.2 Å². The summed E-state index contributed by atoms with van der Waals surface area (Å²) in [5, 5.41) is 3.79. The molecule has 1 unspecified atom stereocenters. The first kappa shape index (κ1) is 15.0. The van der Waals surface area contributed by atoms with Crippen molar-refractivity contribution in [1.82, 2.24) is 10.2 Å². The molecule has 2 aliphatic carbocycles. The molecule has 0 aliphatic heterocycles. The van der Waals surface area contributed by atoms with Crippen molar-refractivity contribution in [2.45, 2.75) is 57.0 Å². The number of nitrogens with one attached hydrogen (secondary N) is 1. The Labute approximate surface area is 135 Å². The molecule has 1 aromatic rings. The smallest absolute Gasteiger partial charge is 0.0704 e. The van der Waals surface area contributed by atoms with Crippen LogP contribution in [0.25, 0.3) is 0 Å². The van der Waals surface area contributed by atoms with Crippen LogP contribution < -0.4 is 5.32 Å². The van der Waals surface area contributed by atoms with E-state index in [9.17, 15) is 0 Å². The minimum Gasteiger partial charge on any atom is -0.309 e. The van der Waals surface area contributed by atoms with Gasteiger partial charge in [0.2, 0.25) is 0 Å². The van der Waals surface area contributed by atoms with Gasteiger partial charge in [-0.2, -0.15) is 0 Å². The number of nitrogens with zero attached hydrogens (tertiary/aromatic N) is 1. The van der Waals surface area contributed by atoms with Crippen LogP contribution in [0, 0.1) is 0 Å². The van der Waals surface area contributed by atoms with Crippen molar-refractivity contribution in [1.29, 1.82) is 0 Å². The lowest BCUT2D eigenvalue weighted by molar-refractivity contribution is 0.240. The molecule has 3 rings (SSSR count). The largest absolute Gasteiger partial charge is 0.309 e. The molecule has 2 nitrogen and oxygen atoms in total. The first-order chi connectivity index (χ1) is 9.74. The van der Waals surface area contributed by atoms with Gasteiger partial charge in [0, 0.05) is 30.1 Å². The van der Waals surface area contributed by atoms with Crippen LogP contribution in [0.4, 0.5) is 0 Å². The Bertz CT molecular complexity index is 440. The van der Waals surface area contributed by atoms with Gasteiger partial charge in [0.15, 0.2) is 0 Å². The van der Waals surface area contributed by atoms with Crippen LogP contribution in [0.3, 0.4) is 0 Å². The summed E-state index contributed by atoms with van der Waals surface area (Å²) in [4.78, 5) is 4.15. The van der Waals surface area contributed by atoms with Gasteiger partial charge in [0.1, 0.15) is 0 Å². The molecule has 0 radical (unpaired) electrons. The average Bonchev–Trinajstić information content (AvgIpc) is 3.06.